The lowest BCUT2D eigenvalue weighted by atomic mass is 10.2. The summed E-state index contributed by atoms with van der Waals surface area (Å²) in [5.74, 6) is 0.581. The summed E-state index contributed by atoms with van der Waals surface area (Å²) < 4.78 is 6.86. The van der Waals surface area contributed by atoms with Gasteiger partial charge in [0.2, 0.25) is 5.95 Å². The molecule has 1 unspecified atom stereocenters. The number of hydrogen-bond donors (Lipinski definition) is 0. The molecule has 1 saturated heterocycles. The van der Waals surface area contributed by atoms with Crippen LogP contribution in [-0.4, -0.2) is 46.2 Å². The maximum Gasteiger partial charge on any atom is 0.318 e. The van der Waals surface area contributed by atoms with Crippen molar-refractivity contribution in [3.05, 3.63) is 29.8 Å². The van der Waals surface area contributed by atoms with Crippen LogP contribution in [0.4, 0.5) is 5.95 Å². The van der Waals surface area contributed by atoms with E-state index in [2.05, 4.69) is 46.3 Å². The molecular formula is C17H22N4O2S. The average Bonchev–Trinajstić information content (AvgIpc) is 3.24. The molecule has 1 aromatic carbocycles. The molecule has 0 aliphatic carbocycles. The molecule has 0 bridgehead atoms. The Hall–Kier alpha value is -2.02. The summed E-state index contributed by atoms with van der Waals surface area (Å²) in [7, 11) is 1.40. The van der Waals surface area contributed by atoms with Crippen LogP contribution < -0.4 is 4.90 Å². The summed E-state index contributed by atoms with van der Waals surface area (Å²) >= 11 is 1.37. The van der Waals surface area contributed by atoms with Gasteiger partial charge in [0.05, 0.1) is 12.8 Å². The lowest BCUT2D eigenvalue weighted by Crippen LogP contribution is -2.22. The van der Waals surface area contributed by atoms with E-state index in [1.165, 1.54) is 37.3 Å². The third kappa shape index (κ3) is 3.40. The van der Waals surface area contributed by atoms with Gasteiger partial charge in [0.25, 0.3) is 0 Å². The van der Waals surface area contributed by atoms with E-state index < -0.39 is 0 Å². The van der Waals surface area contributed by atoms with Crippen LogP contribution >= 0.6 is 11.8 Å². The van der Waals surface area contributed by atoms with Crippen molar-refractivity contribution in [2.24, 2.45) is 0 Å². The Balaban J connectivity index is 1.99. The van der Waals surface area contributed by atoms with Crippen LogP contribution in [0.2, 0.25) is 0 Å². The summed E-state index contributed by atoms with van der Waals surface area (Å²) in [6, 6.07) is 8.26. The second-order valence-electron chi connectivity index (χ2n) is 5.93. The molecule has 0 saturated carbocycles. The van der Waals surface area contributed by atoms with Crippen LogP contribution in [0.5, 0.6) is 0 Å². The van der Waals surface area contributed by atoms with Gasteiger partial charge in [0, 0.05) is 13.1 Å². The lowest BCUT2D eigenvalue weighted by Gasteiger charge is -2.19. The highest BCUT2D eigenvalue weighted by atomic mass is 32.2. The predicted molar refractivity (Wildman–Crippen MR) is 94.9 cm³/mol. The number of thioether (sulfide) groups is 1. The van der Waals surface area contributed by atoms with E-state index in [1.54, 1.807) is 0 Å². The number of rotatable bonds is 5. The van der Waals surface area contributed by atoms with Crippen LogP contribution in [0.25, 0.3) is 5.69 Å². The number of anilines is 1. The van der Waals surface area contributed by atoms with Crippen LogP contribution in [0.1, 0.15) is 25.3 Å². The molecule has 1 aliphatic rings. The van der Waals surface area contributed by atoms with Crippen molar-refractivity contribution in [1.29, 1.82) is 0 Å². The molecule has 0 N–H and O–H groups in total. The van der Waals surface area contributed by atoms with E-state index in [-0.39, 0.29) is 11.2 Å². The quantitative estimate of drug-likeness (QED) is 0.613. The van der Waals surface area contributed by atoms with E-state index >= 15 is 0 Å². The van der Waals surface area contributed by atoms with Gasteiger partial charge in [-0.3, -0.25) is 9.36 Å². The van der Waals surface area contributed by atoms with Crippen LogP contribution in [-0.2, 0) is 9.53 Å². The summed E-state index contributed by atoms with van der Waals surface area (Å²) in [5, 5.41) is 9.11. The third-order valence-corrected chi connectivity index (χ3v) is 5.13. The number of aryl methyl sites for hydroxylation is 1. The first kappa shape index (κ1) is 16.8. The van der Waals surface area contributed by atoms with Crippen LogP contribution in [0.3, 0.4) is 0 Å². The smallest absolute Gasteiger partial charge is 0.318 e. The third-order valence-electron chi connectivity index (χ3n) is 4.11. The summed E-state index contributed by atoms with van der Waals surface area (Å²) in [5.41, 5.74) is 2.21. The number of carbonyl (C=O) groups excluding carboxylic acids is 1. The Kier molecular flexibility index (Phi) is 5.08. The molecule has 3 rings (SSSR count). The van der Waals surface area contributed by atoms with E-state index in [1.807, 2.05) is 11.5 Å². The zero-order chi connectivity index (χ0) is 17.1. The largest absolute Gasteiger partial charge is 0.468 e. The highest BCUT2D eigenvalue weighted by Gasteiger charge is 2.25. The highest BCUT2D eigenvalue weighted by Crippen LogP contribution is 2.31. The molecule has 1 atom stereocenters. The normalized spacial score (nSPS) is 15.5. The molecule has 1 aromatic heterocycles. The second-order valence-corrected chi connectivity index (χ2v) is 7.24. The summed E-state index contributed by atoms with van der Waals surface area (Å²) in [6.07, 6.45) is 2.34. The maximum absolute atomic E-state index is 11.8. The lowest BCUT2D eigenvalue weighted by molar-refractivity contribution is -0.139. The topological polar surface area (TPSA) is 60.2 Å². The monoisotopic (exact) mass is 346 g/mol. The fourth-order valence-corrected chi connectivity index (χ4v) is 3.64. The van der Waals surface area contributed by atoms with Gasteiger partial charge in [-0.15, -0.1) is 10.2 Å². The molecule has 1 aliphatic heterocycles. The summed E-state index contributed by atoms with van der Waals surface area (Å²) in [4.78, 5) is 14.0. The fraction of sp³-hybridized carbons (Fsp3) is 0.471. The van der Waals surface area contributed by atoms with Crippen molar-refractivity contribution in [2.75, 3.05) is 25.1 Å². The van der Waals surface area contributed by atoms with Gasteiger partial charge >= 0.3 is 5.97 Å². The van der Waals surface area contributed by atoms with Crippen molar-refractivity contribution in [3.63, 3.8) is 0 Å². The van der Waals surface area contributed by atoms with E-state index in [0.29, 0.717) is 5.16 Å². The number of ether oxygens (including phenoxy) is 1. The summed E-state index contributed by atoms with van der Waals surface area (Å²) in [6.45, 7) is 5.86. The Morgan fingerprint density at radius 2 is 1.88 bits per heavy atom. The molecule has 0 amide bonds. The maximum atomic E-state index is 11.8. The Morgan fingerprint density at radius 1 is 1.21 bits per heavy atom. The Labute approximate surface area is 146 Å². The minimum atomic E-state index is -0.338. The van der Waals surface area contributed by atoms with E-state index in [9.17, 15) is 4.79 Å². The Bertz CT molecular complexity index is 708. The van der Waals surface area contributed by atoms with Gasteiger partial charge in [0.1, 0.15) is 5.25 Å². The predicted octanol–water partition coefficient (Wildman–Crippen LogP) is 2.83. The van der Waals surface area contributed by atoms with E-state index in [4.69, 9.17) is 4.74 Å². The number of nitrogens with zero attached hydrogens (tertiary/aromatic N) is 4. The second kappa shape index (κ2) is 7.25. The van der Waals surface area contributed by atoms with Crippen molar-refractivity contribution < 1.29 is 9.53 Å². The van der Waals surface area contributed by atoms with Gasteiger partial charge in [-0.25, -0.2) is 0 Å². The standard InChI is InChI=1S/C17H22N4O2S/c1-12-6-8-14(9-7-12)21-16(20-10-4-5-11-20)18-19-17(21)24-13(2)15(22)23-3/h6-9,13H,4-5,10-11H2,1-3H3. The molecule has 2 heterocycles. The van der Waals surface area contributed by atoms with Gasteiger partial charge in [-0.1, -0.05) is 29.5 Å². The first-order chi connectivity index (χ1) is 11.6. The van der Waals surface area contributed by atoms with Crippen molar-refractivity contribution in [1.82, 2.24) is 14.8 Å². The first-order valence-corrected chi connectivity index (χ1v) is 9.00. The average molecular weight is 346 g/mol. The van der Waals surface area contributed by atoms with Crippen LogP contribution in [0.15, 0.2) is 29.4 Å². The van der Waals surface area contributed by atoms with Crippen molar-refractivity contribution in [2.45, 2.75) is 37.1 Å². The number of benzene rings is 1. The van der Waals surface area contributed by atoms with E-state index in [0.717, 1.165) is 24.7 Å². The van der Waals surface area contributed by atoms with Gasteiger partial charge < -0.3 is 9.64 Å². The minimum Gasteiger partial charge on any atom is -0.468 e. The van der Waals surface area contributed by atoms with Crippen molar-refractivity contribution >= 4 is 23.7 Å². The highest BCUT2D eigenvalue weighted by molar-refractivity contribution is 8.00. The molecule has 0 radical (unpaired) electrons. The molecule has 7 heteroatoms. The number of methoxy groups -OCH3 is 1. The van der Waals surface area contributed by atoms with Crippen LogP contribution in [0, 0.1) is 6.92 Å². The van der Waals surface area contributed by atoms with Gasteiger partial charge in [0.15, 0.2) is 5.16 Å². The SMILES string of the molecule is COC(=O)C(C)Sc1nnc(N2CCCC2)n1-c1ccc(C)cc1. The van der Waals surface area contributed by atoms with Gasteiger partial charge in [-0.05, 0) is 38.8 Å². The van der Waals surface area contributed by atoms with Crippen molar-refractivity contribution in [3.8, 4) is 5.69 Å². The Morgan fingerprint density at radius 3 is 2.50 bits per heavy atom. The molecule has 0 spiro atoms. The number of hydrogen-bond acceptors (Lipinski definition) is 6. The molecule has 128 valence electrons. The number of aromatic nitrogens is 3. The number of carbonyl (C=O) groups is 1. The molecule has 24 heavy (non-hydrogen) atoms. The molecule has 2 aromatic rings. The zero-order valence-electron chi connectivity index (χ0n) is 14.2. The first-order valence-electron chi connectivity index (χ1n) is 8.12. The minimum absolute atomic E-state index is 0.263. The van der Waals surface area contributed by atoms with Gasteiger partial charge in [-0.2, -0.15) is 0 Å². The molecular weight excluding hydrogens is 324 g/mol. The zero-order valence-corrected chi connectivity index (χ0v) is 15.0. The number of esters is 1. The fourth-order valence-electron chi connectivity index (χ4n) is 2.75. The molecule has 1 fully saturated rings. The molecule has 6 nitrogen and oxygen atoms in total.